The average Bonchev–Trinajstić information content (AvgIpc) is 3.13. The molecule has 0 heterocycles. The maximum absolute atomic E-state index is 12.8. The van der Waals surface area contributed by atoms with Gasteiger partial charge >= 0.3 is 17.9 Å². The SMILES string of the molecule is CCCCCCCCCCCCCCCCCCOC(=O)C1CCC(C(=O)OCCCCCCCCCCCCCCCCCC)C(C(=O)O)C1. The van der Waals surface area contributed by atoms with Gasteiger partial charge in [-0.3, -0.25) is 14.4 Å². The van der Waals surface area contributed by atoms with Crippen molar-refractivity contribution >= 4 is 17.9 Å². The third kappa shape index (κ3) is 27.6. The highest BCUT2D eigenvalue weighted by atomic mass is 16.5. The first-order chi connectivity index (χ1) is 25.0. The van der Waals surface area contributed by atoms with Crippen LogP contribution < -0.4 is 0 Å². The molecule has 0 radical (unpaired) electrons. The van der Waals surface area contributed by atoms with E-state index < -0.39 is 29.7 Å². The van der Waals surface area contributed by atoms with Gasteiger partial charge in [0.15, 0.2) is 0 Å². The van der Waals surface area contributed by atoms with Crippen LogP contribution in [0.5, 0.6) is 0 Å². The molecule has 6 nitrogen and oxygen atoms in total. The van der Waals surface area contributed by atoms with E-state index >= 15 is 0 Å². The van der Waals surface area contributed by atoms with Crippen LogP contribution in [0.25, 0.3) is 0 Å². The number of rotatable bonds is 37. The molecule has 1 rings (SSSR count). The Balaban J connectivity index is 2.01. The minimum Gasteiger partial charge on any atom is -0.481 e. The van der Waals surface area contributed by atoms with Crippen LogP contribution in [0.1, 0.15) is 239 Å². The fourth-order valence-electron chi connectivity index (χ4n) is 7.81. The predicted octanol–water partition coefficient (Wildman–Crippen LogP) is 13.7. The van der Waals surface area contributed by atoms with Gasteiger partial charge in [-0.2, -0.15) is 0 Å². The maximum atomic E-state index is 12.8. The van der Waals surface area contributed by atoms with Gasteiger partial charge in [0.1, 0.15) is 0 Å². The van der Waals surface area contributed by atoms with Crippen molar-refractivity contribution < 1.29 is 29.0 Å². The van der Waals surface area contributed by atoms with Crippen molar-refractivity contribution in [1.82, 2.24) is 0 Å². The summed E-state index contributed by atoms with van der Waals surface area (Å²) in [4.78, 5) is 37.5. The van der Waals surface area contributed by atoms with Gasteiger partial charge in [-0.15, -0.1) is 0 Å². The third-order valence-electron chi connectivity index (χ3n) is 11.3. The topological polar surface area (TPSA) is 89.9 Å². The molecule has 0 aromatic heterocycles. The van der Waals surface area contributed by atoms with Crippen molar-refractivity contribution in [2.75, 3.05) is 13.2 Å². The van der Waals surface area contributed by atoms with Gasteiger partial charge in [-0.05, 0) is 32.1 Å². The van der Waals surface area contributed by atoms with Crippen LogP contribution in [0.2, 0.25) is 0 Å². The molecule has 1 fully saturated rings. The van der Waals surface area contributed by atoms with Gasteiger partial charge in [0.2, 0.25) is 0 Å². The molecule has 1 saturated carbocycles. The lowest BCUT2D eigenvalue weighted by atomic mass is 9.74. The Bertz CT molecular complexity index is 813. The zero-order valence-electron chi connectivity index (χ0n) is 33.9. The molecule has 6 heteroatoms. The average molecular weight is 721 g/mol. The lowest BCUT2D eigenvalue weighted by Gasteiger charge is -2.31. The summed E-state index contributed by atoms with van der Waals surface area (Å²) in [5, 5.41) is 9.85. The summed E-state index contributed by atoms with van der Waals surface area (Å²) in [6.07, 6.45) is 42.5. The number of hydrogen-bond acceptors (Lipinski definition) is 5. The Hall–Kier alpha value is -1.59. The first kappa shape index (κ1) is 47.4. The fourth-order valence-corrected chi connectivity index (χ4v) is 7.81. The molecule has 0 spiro atoms. The molecule has 51 heavy (non-hydrogen) atoms. The van der Waals surface area contributed by atoms with Crippen molar-refractivity contribution in [3.05, 3.63) is 0 Å². The van der Waals surface area contributed by atoms with E-state index in [1.54, 1.807) is 0 Å². The van der Waals surface area contributed by atoms with E-state index in [0.29, 0.717) is 26.1 Å². The Kier molecular flexibility index (Phi) is 33.0. The zero-order chi connectivity index (χ0) is 37.0. The Labute approximate surface area is 315 Å². The van der Waals surface area contributed by atoms with Crippen LogP contribution in [0.3, 0.4) is 0 Å². The molecular formula is C45H84O6. The van der Waals surface area contributed by atoms with Crippen LogP contribution in [0.15, 0.2) is 0 Å². The largest absolute Gasteiger partial charge is 0.481 e. The number of carbonyl (C=O) groups excluding carboxylic acids is 2. The van der Waals surface area contributed by atoms with Crippen molar-refractivity contribution in [2.24, 2.45) is 17.8 Å². The highest BCUT2D eigenvalue weighted by Gasteiger charge is 2.42. The van der Waals surface area contributed by atoms with E-state index in [-0.39, 0.29) is 12.4 Å². The third-order valence-corrected chi connectivity index (χ3v) is 11.3. The molecule has 0 aromatic rings. The number of aliphatic carboxylic acids is 1. The number of carbonyl (C=O) groups is 3. The molecule has 0 aromatic carbocycles. The number of ether oxygens (including phenoxy) is 2. The van der Waals surface area contributed by atoms with E-state index in [2.05, 4.69) is 13.8 Å². The van der Waals surface area contributed by atoms with Crippen molar-refractivity contribution in [3.63, 3.8) is 0 Å². The van der Waals surface area contributed by atoms with Crippen LogP contribution in [0, 0.1) is 17.8 Å². The Morgan fingerprint density at radius 1 is 0.412 bits per heavy atom. The second-order valence-corrected chi connectivity index (χ2v) is 16.0. The summed E-state index contributed by atoms with van der Waals surface area (Å²) < 4.78 is 11.1. The summed E-state index contributed by atoms with van der Waals surface area (Å²) in [5.74, 6) is -3.74. The van der Waals surface area contributed by atoms with Gasteiger partial charge in [0, 0.05) is 0 Å². The second-order valence-electron chi connectivity index (χ2n) is 16.0. The first-order valence-electron chi connectivity index (χ1n) is 22.6. The van der Waals surface area contributed by atoms with E-state index in [4.69, 9.17) is 9.47 Å². The van der Waals surface area contributed by atoms with Gasteiger partial charge in [0.25, 0.3) is 0 Å². The lowest BCUT2D eigenvalue weighted by molar-refractivity contribution is -0.164. The maximum Gasteiger partial charge on any atom is 0.309 e. The number of hydrogen-bond donors (Lipinski definition) is 1. The molecular weight excluding hydrogens is 636 g/mol. The predicted molar refractivity (Wildman–Crippen MR) is 213 cm³/mol. The van der Waals surface area contributed by atoms with E-state index in [9.17, 15) is 19.5 Å². The molecule has 1 aliphatic carbocycles. The van der Waals surface area contributed by atoms with Crippen LogP contribution in [0.4, 0.5) is 0 Å². The number of carboxylic acids is 1. The van der Waals surface area contributed by atoms with Gasteiger partial charge in [0.05, 0.1) is 31.0 Å². The van der Waals surface area contributed by atoms with E-state index in [1.165, 1.54) is 173 Å². The van der Waals surface area contributed by atoms with E-state index in [0.717, 1.165) is 32.1 Å². The molecule has 0 aliphatic heterocycles. The molecule has 3 unspecified atom stereocenters. The van der Waals surface area contributed by atoms with Crippen LogP contribution >= 0.6 is 0 Å². The molecule has 1 N–H and O–H groups in total. The van der Waals surface area contributed by atoms with Crippen molar-refractivity contribution in [1.29, 1.82) is 0 Å². The highest BCUT2D eigenvalue weighted by molar-refractivity contribution is 5.83. The number of esters is 2. The van der Waals surface area contributed by atoms with Gasteiger partial charge in [-0.25, -0.2) is 0 Å². The highest BCUT2D eigenvalue weighted by Crippen LogP contribution is 2.36. The van der Waals surface area contributed by atoms with Crippen molar-refractivity contribution in [3.8, 4) is 0 Å². The minimum absolute atomic E-state index is 0.159. The number of carboxylic acid groups (broad SMARTS) is 1. The minimum atomic E-state index is -1.02. The molecule has 0 bridgehead atoms. The van der Waals surface area contributed by atoms with Crippen LogP contribution in [-0.4, -0.2) is 36.2 Å². The van der Waals surface area contributed by atoms with Gasteiger partial charge in [-0.1, -0.05) is 206 Å². The summed E-state index contributed by atoms with van der Waals surface area (Å²) in [5.41, 5.74) is 0. The normalized spacial score (nSPS) is 17.4. The first-order valence-corrected chi connectivity index (χ1v) is 22.6. The molecule has 1 aliphatic rings. The fraction of sp³-hybridized carbons (Fsp3) is 0.933. The summed E-state index contributed by atoms with van der Waals surface area (Å²) >= 11 is 0. The molecule has 3 atom stereocenters. The summed E-state index contributed by atoms with van der Waals surface area (Å²) in [6, 6.07) is 0. The summed E-state index contributed by atoms with van der Waals surface area (Å²) in [6.45, 7) is 5.29. The number of unbranched alkanes of at least 4 members (excludes halogenated alkanes) is 30. The standard InChI is InChI=1S/C45H84O6/c1-3-5-7-9-11-13-15-17-19-21-23-25-27-29-31-33-37-50-44(48)40-35-36-41(42(39-40)43(46)47)45(49)51-38-34-32-30-28-26-24-22-20-18-16-14-12-10-8-6-4-2/h40-42H,3-39H2,1-2H3,(H,46,47). The Morgan fingerprint density at radius 2 is 0.706 bits per heavy atom. The lowest BCUT2D eigenvalue weighted by Crippen LogP contribution is -2.39. The van der Waals surface area contributed by atoms with Crippen molar-refractivity contribution in [2.45, 2.75) is 239 Å². The zero-order valence-corrected chi connectivity index (χ0v) is 33.9. The summed E-state index contributed by atoms with van der Waals surface area (Å²) in [7, 11) is 0. The smallest absolute Gasteiger partial charge is 0.309 e. The van der Waals surface area contributed by atoms with Gasteiger partial charge < -0.3 is 14.6 Å². The molecule has 0 saturated heterocycles. The monoisotopic (exact) mass is 721 g/mol. The molecule has 0 amide bonds. The van der Waals surface area contributed by atoms with E-state index in [1.807, 2.05) is 0 Å². The Morgan fingerprint density at radius 3 is 1.02 bits per heavy atom. The second kappa shape index (κ2) is 35.4. The van der Waals surface area contributed by atoms with Crippen LogP contribution in [-0.2, 0) is 23.9 Å². The molecule has 300 valence electrons. The quantitative estimate of drug-likeness (QED) is 0.0507.